The molecule has 1 amide bonds. The number of carbonyl (C=O) groups excluding carboxylic acids is 1. The van der Waals surface area contributed by atoms with Crippen LogP contribution >= 0.6 is 0 Å². The van der Waals surface area contributed by atoms with Gasteiger partial charge < -0.3 is 9.88 Å². The summed E-state index contributed by atoms with van der Waals surface area (Å²) in [7, 11) is 0. The van der Waals surface area contributed by atoms with Gasteiger partial charge in [-0.3, -0.25) is 9.59 Å². The average molecular weight is 307 g/mol. The molecule has 0 saturated carbocycles. The van der Waals surface area contributed by atoms with Crippen LogP contribution in [0.3, 0.4) is 0 Å². The smallest absolute Gasteiger partial charge is 0.253 e. The first kappa shape index (κ1) is 15.0. The highest BCUT2D eigenvalue weighted by molar-refractivity contribution is 5.89. The number of hydrogen-bond acceptors (Lipinski definition) is 3. The van der Waals surface area contributed by atoms with Gasteiger partial charge in [-0.25, -0.2) is 4.98 Å². The summed E-state index contributed by atoms with van der Waals surface area (Å²) in [4.78, 5) is 28.5. The lowest BCUT2D eigenvalue weighted by Gasteiger charge is -2.11. The van der Waals surface area contributed by atoms with Crippen LogP contribution in [0.25, 0.3) is 10.9 Å². The average Bonchev–Trinajstić information content (AvgIpc) is 2.56. The molecule has 5 heteroatoms. The van der Waals surface area contributed by atoms with Crippen LogP contribution in [0, 0.1) is 6.92 Å². The molecule has 3 rings (SSSR count). The van der Waals surface area contributed by atoms with Gasteiger partial charge in [0.05, 0.1) is 5.52 Å². The summed E-state index contributed by atoms with van der Waals surface area (Å²) in [5.74, 6) is 0.347. The fourth-order valence-corrected chi connectivity index (χ4v) is 2.55. The minimum atomic E-state index is -0.166. The Kier molecular flexibility index (Phi) is 4.19. The maximum absolute atomic E-state index is 12.4. The van der Waals surface area contributed by atoms with Gasteiger partial charge in [-0.15, -0.1) is 0 Å². The van der Waals surface area contributed by atoms with E-state index in [1.807, 2.05) is 30.3 Å². The number of para-hydroxylation sites is 1. The molecule has 23 heavy (non-hydrogen) atoms. The normalized spacial score (nSPS) is 10.7. The van der Waals surface area contributed by atoms with E-state index in [0.29, 0.717) is 17.9 Å². The molecular formula is C18H17N3O2. The third-order valence-electron chi connectivity index (χ3n) is 3.68. The van der Waals surface area contributed by atoms with Crippen molar-refractivity contribution in [3.05, 3.63) is 70.6 Å². The molecule has 0 aliphatic heterocycles. The highest BCUT2D eigenvalue weighted by Crippen LogP contribution is 2.13. The first-order valence-electron chi connectivity index (χ1n) is 7.45. The number of nitrogens with zero attached hydrogens (tertiary/aromatic N) is 2. The standard InChI is InChI=1S/C18H17N3O2/c1-13-12-14-6-2-3-7-15(14)21(18(13)23)11-9-17(22)20-16-8-4-5-10-19-16/h2-8,10,12H,9,11H2,1H3,(H,19,20,22). The van der Waals surface area contributed by atoms with E-state index in [4.69, 9.17) is 0 Å². The van der Waals surface area contributed by atoms with Crippen molar-refractivity contribution >= 4 is 22.6 Å². The second-order valence-corrected chi connectivity index (χ2v) is 5.36. The molecule has 0 radical (unpaired) electrons. The summed E-state index contributed by atoms with van der Waals surface area (Å²) in [6.07, 6.45) is 1.83. The van der Waals surface area contributed by atoms with Crippen LogP contribution in [0.1, 0.15) is 12.0 Å². The van der Waals surface area contributed by atoms with Crippen molar-refractivity contribution in [3.63, 3.8) is 0 Å². The summed E-state index contributed by atoms with van der Waals surface area (Å²) in [6.45, 7) is 2.12. The van der Waals surface area contributed by atoms with Gasteiger partial charge >= 0.3 is 0 Å². The van der Waals surface area contributed by atoms with Crippen LogP contribution < -0.4 is 10.9 Å². The summed E-state index contributed by atoms with van der Waals surface area (Å²) in [6, 6.07) is 14.9. The maximum atomic E-state index is 12.4. The Morgan fingerprint density at radius 3 is 2.74 bits per heavy atom. The molecule has 1 N–H and O–H groups in total. The Hall–Kier alpha value is -2.95. The zero-order chi connectivity index (χ0) is 16.2. The molecule has 116 valence electrons. The number of pyridine rings is 2. The number of nitrogens with one attached hydrogen (secondary N) is 1. The van der Waals surface area contributed by atoms with Crippen molar-refractivity contribution in [2.24, 2.45) is 0 Å². The van der Waals surface area contributed by atoms with Gasteiger partial charge in [-0.05, 0) is 36.6 Å². The van der Waals surface area contributed by atoms with Crippen LogP contribution in [0.15, 0.2) is 59.5 Å². The zero-order valence-electron chi connectivity index (χ0n) is 12.8. The van der Waals surface area contributed by atoms with Gasteiger partial charge in [0.2, 0.25) is 5.91 Å². The summed E-state index contributed by atoms with van der Waals surface area (Å²) >= 11 is 0. The number of carbonyl (C=O) groups is 1. The molecule has 3 aromatic rings. The third kappa shape index (κ3) is 3.29. The number of aryl methyl sites for hydroxylation is 2. The number of benzene rings is 1. The Labute approximate surface area is 133 Å². The highest BCUT2D eigenvalue weighted by Gasteiger charge is 2.09. The Morgan fingerprint density at radius 2 is 1.96 bits per heavy atom. The molecule has 0 fully saturated rings. The molecule has 0 unspecified atom stereocenters. The first-order valence-corrected chi connectivity index (χ1v) is 7.45. The molecule has 0 bridgehead atoms. The van der Waals surface area contributed by atoms with Gasteiger partial charge in [-0.2, -0.15) is 0 Å². The molecular weight excluding hydrogens is 290 g/mol. The maximum Gasteiger partial charge on any atom is 0.253 e. The van der Waals surface area contributed by atoms with Gasteiger partial charge in [0.1, 0.15) is 5.82 Å². The number of amides is 1. The molecule has 0 atom stereocenters. The predicted octanol–water partition coefficient (Wildman–Crippen LogP) is 2.73. The van der Waals surface area contributed by atoms with Crippen LogP contribution in [-0.2, 0) is 11.3 Å². The van der Waals surface area contributed by atoms with Crippen molar-refractivity contribution in [2.75, 3.05) is 5.32 Å². The van der Waals surface area contributed by atoms with Crippen molar-refractivity contribution in [1.82, 2.24) is 9.55 Å². The molecule has 0 aliphatic rings. The van der Waals surface area contributed by atoms with Crippen LogP contribution in [0.4, 0.5) is 5.82 Å². The van der Waals surface area contributed by atoms with Crippen LogP contribution in [0.5, 0.6) is 0 Å². The lowest BCUT2D eigenvalue weighted by Crippen LogP contribution is -2.25. The quantitative estimate of drug-likeness (QED) is 0.806. The van der Waals surface area contributed by atoms with Crippen molar-refractivity contribution in [1.29, 1.82) is 0 Å². The monoisotopic (exact) mass is 307 g/mol. The number of anilines is 1. The van der Waals surface area contributed by atoms with Crippen molar-refractivity contribution < 1.29 is 4.79 Å². The SMILES string of the molecule is Cc1cc2ccccc2n(CCC(=O)Nc2ccccn2)c1=O. The summed E-state index contributed by atoms with van der Waals surface area (Å²) in [5.41, 5.74) is 1.46. The highest BCUT2D eigenvalue weighted by atomic mass is 16.2. The van der Waals surface area contributed by atoms with E-state index in [-0.39, 0.29) is 17.9 Å². The Bertz CT molecular complexity index is 901. The second-order valence-electron chi connectivity index (χ2n) is 5.36. The fourth-order valence-electron chi connectivity index (χ4n) is 2.55. The topological polar surface area (TPSA) is 64.0 Å². The van der Waals surface area contributed by atoms with E-state index in [1.54, 1.807) is 35.9 Å². The first-order chi connectivity index (χ1) is 11.1. The lowest BCUT2D eigenvalue weighted by atomic mass is 10.1. The molecule has 2 heterocycles. The largest absolute Gasteiger partial charge is 0.311 e. The lowest BCUT2D eigenvalue weighted by molar-refractivity contribution is -0.116. The van der Waals surface area contributed by atoms with Gasteiger partial charge in [-0.1, -0.05) is 24.3 Å². The molecule has 0 spiro atoms. The number of rotatable bonds is 4. The molecule has 0 aliphatic carbocycles. The van der Waals surface area contributed by atoms with Crippen molar-refractivity contribution in [3.8, 4) is 0 Å². The Balaban J connectivity index is 1.80. The van der Waals surface area contributed by atoms with Crippen molar-refractivity contribution in [2.45, 2.75) is 19.9 Å². The summed E-state index contributed by atoms with van der Waals surface area (Å²) < 4.78 is 1.66. The minimum Gasteiger partial charge on any atom is -0.311 e. The van der Waals surface area contributed by atoms with Gasteiger partial charge in [0.25, 0.3) is 5.56 Å². The van der Waals surface area contributed by atoms with Crippen LogP contribution in [-0.4, -0.2) is 15.5 Å². The number of aromatic nitrogens is 2. The second kappa shape index (κ2) is 6.44. The third-order valence-corrected chi connectivity index (χ3v) is 3.68. The fraction of sp³-hybridized carbons (Fsp3) is 0.167. The summed E-state index contributed by atoms with van der Waals surface area (Å²) in [5, 5.41) is 3.72. The van der Waals surface area contributed by atoms with Crippen LogP contribution in [0.2, 0.25) is 0 Å². The molecule has 2 aromatic heterocycles. The number of fused-ring (bicyclic) bond motifs is 1. The minimum absolute atomic E-state index is 0.0608. The van der Waals surface area contributed by atoms with E-state index in [0.717, 1.165) is 10.9 Å². The molecule has 5 nitrogen and oxygen atoms in total. The van der Waals surface area contributed by atoms with Gasteiger partial charge in [0.15, 0.2) is 0 Å². The Morgan fingerprint density at radius 1 is 1.17 bits per heavy atom. The van der Waals surface area contributed by atoms with E-state index in [1.165, 1.54) is 0 Å². The zero-order valence-corrected chi connectivity index (χ0v) is 12.8. The number of hydrogen-bond donors (Lipinski definition) is 1. The van der Waals surface area contributed by atoms with E-state index >= 15 is 0 Å². The van der Waals surface area contributed by atoms with E-state index in [9.17, 15) is 9.59 Å². The predicted molar refractivity (Wildman–Crippen MR) is 90.4 cm³/mol. The van der Waals surface area contributed by atoms with E-state index < -0.39 is 0 Å². The molecule has 0 saturated heterocycles. The van der Waals surface area contributed by atoms with E-state index in [2.05, 4.69) is 10.3 Å². The molecule has 1 aromatic carbocycles. The van der Waals surface area contributed by atoms with Gasteiger partial charge in [0, 0.05) is 24.7 Å².